The zero-order valence-corrected chi connectivity index (χ0v) is 11.4. The molecule has 0 fully saturated rings. The Kier molecular flexibility index (Phi) is 3.88. The lowest BCUT2D eigenvalue weighted by atomic mass is 9.88. The van der Waals surface area contributed by atoms with Crippen molar-refractivity contribution in [3.05, 3.63) is 54.1 Å². The molecule has 2 aromatic carbocycles. The van der Waals surface area contributed by atoms with E-state index in [9.17, 15) is 5.11 Å². The van der Waals surface area contributed by atoms with E-state index in [0.29, 0.717) is 0 Å². The Bertz CT molecular complexity index is 548. The number of hydrogen-bond donors (Lipinski definition) is 3. The Balaban J connectivity index is 2.52. The first-order valence-electron chi connectivity index (χ1n) is 6.47. The Labute approximate surface area is 114 Å². The van der Waals surface area contributed by atoms with Gasteiger partial charge in [0, 0.05) is 5.56 Å². The maximum Gasteiger partial charge on any atom is 0.123 e. The average molecular weight is 256 g/mol. The van der Waals surface area contributed by atoms with Crippen LogP contribution in [0.5, 0.6) is 5.75 Å². The first-order valence-corrected chi connectivity index (χ1v) is 6.47. The van der Waals surface area contributed by atoms with Gasteiger partial charge < -0.3 is 5.11 Å². The van der Waals surface area contributed by atoms with E-state index in [1.165, 1.54) is 0 Å². The van der Waals surface area contributed by atoms with Crippen LogP contribution < -0.4 is 11.3 Å². The summed E-state index contributed by atoms with van der Waals surface area (Å²) in [5, 5.41) is 10.0. The van der Waals surface area contributed by atoms with Crippen LogP contribution in [-0.2, 0) is 5.54 Å². The van der Waals surface area contributed by atoms with E-state index >= 15 is 0 Å². The summed E-state index contributed by atoms with van der Waals surface area (Å²) >= 11 is 0. The van der Waals surface area contributed by atoms with Gasteiger partial charge in [-0.05, 0) is 36.6 Å². The molecule has 0 saturated carbocycles. The lowest BCUT2D eigenvalue weighted by Gasteiger charge is -2.28. The minimum absolute atomic E-state index is 0.283. The van der Waals surface area contributed by atoms with Crippen LogP contribution >= 0.6 is 0 Å². The third-order valence-electron chi connectivity index (χ3n) is 3.74. The minimum Gasteiger partial charge on any atom is -0.507 e. The highest BCUT2D eigenvalue weighted by Crippen LogP contribution is 2.34. The van der Waals surface area contributed by atoms with Crippen LogP contribution in [0.2, 0.25) is 0 Å². The molecule has 3 nitrogen and oxygen atoms in total. The summed E-state index contributed by atoms with van der Waals surface area (Å²) in [6.45, 7) is 4.13. The van der Waals surface area contributed by atoms with Crippen LogP contribution in [0.1, 0.15) is 25.8 Å². The molecule has 0 aliphatic carbocycles. The van der Waals surface area contributed by atoms with Gasteiger partial charge in [0.15, 0.2) is 0 Å². The molecule has 1 unspecified atom stereocenters. The summed E-state index contributed by atoms with van der Waals surface area (Å²) < 4.78 is 0. The first kappa shape index (κ1) is 13.6. The number of benzene rings is 2. The molecule has 19 heavy (non-hydrogen) atoms. The highest BCUT2D eigenvalue weighted by Gasteiger charge is 2.23. The van der Waals surface area contributed by atoms with Gasteiger partial charge in [-0.1, -0.05) is 43.3 Å². The maximum absolute atomic E-state index is 10.0. The molecule has 1 atom stereocenters. The molecule has 0 aliphatic heterocycles. The lowest BCUT2D eigenvalue weighted by Crippen LogP contribution is -2.43. The molecule has 0 heterocycles. The zero-order chi connectivity index (χ0) is 13.9. The van der Waals surface area contributed by atoms with Crippen LogP contribution in [0.4, 0.5) is 0 Å². The predicted molar refractivity (Wildman–Crippen MR) is 78.5 cm³/mol. The second-order valence-electron chi connectivity index (χ2n) is 4.93. The molecule has 3 heteroatoms. The molecule has 100 valence electrons. The first-order chi connectivity index (χ1) is 9.10. The summed E-state index contributed by atoms with van der Waals surface area (Å²) in [5.74, 6) is 5.95. The van der Waals surface area contributed by atoms with Gasteiger partial charge in [0.25, 0.3) is 0 Å². The van der Waals surface area contributed by atoms with E-state index in [2.05, 4.69) is 12.3 Å². The van der Waals surface area contributed by atoms with Gasteiger partial charge in [0.05, 0.1) is 5.54 Å². The maximum atomic E-state index is 10.0. The molecule has 0 saturated heterocycles. The van der Waals surface area contributed by atoms with Crippen LogP contribution in [0.25, 0.3) is 11.1 Å². The van der Waals surface area contributed by atoms with Crippen molar-refractivity contribution in [1.82, 2.24) is 5.43 Å². The number of nitrogens with two attached hydrogens (primary N) is 1. The van der Waals surface area contributed by atoms with Crippen molar-refractivity contribution in [3.63, 3.8) is 0 Å². The Morgan fingerprint density at radius 1 is 1.16 bits per heavy atom. The summed E-state index contributed by atoms with van der Waals surface area (Å²) in [4.78, 5) is 0. The van der Waals surface area contributed by atoms with Crippen LogP contribution in [-0.4, -0.2) is 5.11 Å². The summed E-state index contributed by atoms with van der Waals surface area (Å²) in [6.07, 6.45) is 0.864. The van der Waals surface area contributed by atoms with Gasteiger partial charge in [-0.15, -0.1) is 0 Å². The normalized spacial score (nSPS) is 14.1. The standard InChI is InChI=1S/C16H20N2O/c1-3-16(2,18-17)13-9-10-15(19)14(11-13)12-7-5-4-6-8-12/h4-11,18-19H,3,17H2,1-2H3. The van der Waals surface area contributed by atoms with E-state index in [1.54, 1.807) is 6.07 Å². The lowest BCUT2D eigenvalue weighted by molar-refractivity contribution is 0.361. The monoisotopic (exact) mass is 256 g/mol. The van der Waals surface area contributed by atoms with Crippen molar-refractivity contribution in [3.8, 4) is 16.9 Å². The fourth-order valence-electron chi connectivity index (χ4n) is 2.12. The number of phenolic OH excluding ortho intramolecular Hbond substituents is 1. The highest BCUT2D eigenvalue weighted by molar-refractivity contribution is 5.71. The van der Waals surface area contributed by atoms with E-state index in [1.807, 2.05) is 49.4 Å². The second kappa shape index (κ2) is 5.43. The summed E-state index contributed by atoms with van der Waals surface area (Å²) in [7, 11) is 0. The summed E-state index contributed by atoms with van der Waals surface area (Å²) in [6, 6.07) is 15.5. The SMILES string of the molecule is CCC(C)(NN)c1ccc(O)c(-c2ccccc2)c1. The predicted octanol–water partition coefficient (Wildman–Crippen LogP) is 3.15. The molecule has 0 amide bonds. The van der Waals surface area contributed by atoms with E-state index in [4.69, 9.17) is 5.84 Å². The van der Waals surface area contributed by atoms with Crippen molar-refractivity contribution in [2.45, 2.75) is 25.8 Å². The number of rotatable bonds is 4. The molecule has 0 bridgehead atoms. The van der Waals surface area contributed by atoms with Gasteiger partial charge in [-0.25, -0.2) is 0 Å². The van der Waals surface area contributed by atoms with Crippen molar-refractivity contribution in [2.75, 3.05) is 0 Å². The van der Waals surface area contributed by atoms with Crippen LogP contribution in [0, 0.1) is 0 Å². The molecule has 0 spiro atoms. The number of phenols is 1. The third-order valence-corrected chi connectivity index (χ3v) is 3.74. The van der Waals surface area contributed by atoms with Crippen molar-refractivity contribution in [2.24, 2.45) is 5.84 Å². The van der Waals surface area contributed by atoms with Gasteiger partial charge in [-0.3, -0.25) is 11.3 Å². The van der Waals surface area contributed by atoms with Crippen molar-refractivity contribution >= 4 is 0 Å². The Morgan fingerprint density at radius 3 is 2.42 bits per heavy atom. The highest BCUT2D eigenvalue weighted by atomic mass is 16.3. The van der Waals surface area contributed by atoms with Crippen LogP contribution in [0.15, 0.2) is 48.5 Å². The number of nitrogens with one attached hydrogen (secondary N) is 1. The van der Waals surface area contributed by atoms with Crippen molar-refractivity contribution < 1.29 is 5.11 Å². The number of hydrazine groups is 1. The van der Waals surface area contributed by atoms with Gasteiger partial charge >= 0.3 is 0 Å². The topological polar surface area (TPSA) is 58.3 Å². The smallest absolute Gasteiger partial charge is 0.123 e. The van der Waals surface area contributed by atoms with Gasteiger partial charge in [0.2, 0.25) is 0 Å². The second-order valence-corrected chi connectivity index (χ2v) is 4.93. The molecule has 0 aromatic heterocycles. The van der Waals surface area contributed by atoms with Gasteiger partial charge in [-0.2, -0.15) is 0 Å². The summed E-state index contributed by atoms with van der Waals surface area (Å²) in [5.41, 5.74) is 5.45. The average Bonchev–Trinajstić information content (AvgIpc) is 2.48. The quantitative estimate of drug-likeness (QED) is 0.582. The fourth-order valence-corrected chi connectivity index (χ4v) is 2.12. The van der Waals surface area contributed by atoms with E-state index in [-0.39, 0.29) is 11.3 Å². The Hall–Kier alpha value is -1.84. The number of aromatic hydroxyl groups is 1. The zero-order valence-electron chi connectivity index (χ0n) is 11.4. The molecule has 4 N–H and O–H groups in total. The fraction of sp³-hybridized carbons (Fsp3) is 0.250. The third kappa shape index (κ3) is 2.62. The molecule has 0 radical (unpaired) electrons. The molecular weight excluding hydrogens is 236 g/mol. The molecule has 2 aromatic rings. The number of hydrogen-bond acceptors (Lipinski definition) is 3. The van der Waals surface area contributed by atoms with E-state index in [0.717, 1.165) is 23.1 Å². The molecule has 0 aliphatic rings. The van der Waals surface area contributed by atoms with Gasteiger partial charge in [0.1, 0.15) is 5.75 Å². The largest absolute Gasteiger partial charge is 0.507 e. The van der Waals surface area contributed by atoms with Crippen LogP contribution in [0.3, 0.4) is 0 Å². The van der Waals surface area contributed by atoms with E-state index < -0.39 is 0 Å². The van der Waals surface area contributed by atoms with Crippen molar-refractivity contribution in [1.29, 1.82) is 0 Å². The molecule has 2 rings (SSSR count). The Morgan fingerprint density at radius 2 is 1.84 bits per heavy atom. The minimum atomic E-state index is -0.294. The molecular formula is C16H20N2O.